The standard InChI is InChI=1S/C12H17N3O4/c1-14-10(3-5-13-14)9-7-15(12(18)19-2)6-4-8(9)11(16)17/h3,5,8-9H,4,6-7H2,1-2H3,(H,16,17). The highest BCUT2D eigenvalue weighted by Crippen LogP contribution is 2.32. The predicted molar refractivity (Wildman–Crippen MR) is 65.7 cm³/mol. The van der Waals surface area contributed by atoms with Crippen LogP contribution < -0.4 is 0 Å². The van der Waals surface area contributed by atoms with Crippen LogP contribution in [-0.4, -0.2) is 52.0 Å². The monoisotopic (exact) mass is 267 g/mol. The average Bonchev–Trinajstić information content (AvgIpc) is 2.83. The molecule has 2 rings (SSSR count). The quantitative estimate of drug-likeness (QED) is 0.851. The fraction of sp³-hybridized carbons (Fsp3) is 0.583. The number of likely N-dealkylation sites (tertiary alicyclic amines) is 1. The largest absolute Gasteiger partial charge is 0.481 e. The first-order valence-corrected chi connectivity index (χ1v) is 6.08. The zero-order chi connectivity index (χ0) is 14.0. The molecule has 104 valence electrons. The first-order valence-electron chi connectivity index (χ1n) is 6.08. The number of carboxylic acids is 1. The molecule has 1 N–H and O–H groups in total. The Labute approximate surface area is 110 Å². The number of aromatic nitrogens is 2. The fourth-order valence-corrected chi connectivity index (χ4v) is 2.59. The van der Waals surface area contributed by atoms with Crippen molar-refractivity contribution >= 4 is 12.1 Å². The van der Waals surface area contributed by atoms with Gasteiger partial charge in [0.1, 0.15) is 0 Å². The number of hydrogen-bond acceptors (Lipinski definition) is 4. The summed E-state index contributed by atoms with van der Waals surface area (Å²) >= 11 is 0. The Morgan fingerprint density at radius 3 is 2.79 bits per heavy atom. The molecule has 1 aromatic heterocycles. The van der Waals surface area contributed by atoms with Gasteiger partial charge in [-0.25, -0.2) is 4.79 Å². The van der Waals surface area contributed by atoms with Gasteiger partial charge in [-0.3, -0.25) is 9.48 Å². The minimum Gasteiger partial charge on any atom is -0.481 e. The summed E-state index contributed by atoms with van der Waals surface area (Å²) in [5.41, 5.74) is 0.820. The van der Waals surface area contributed by atoms with E-state index in [4.69, 9.17) is 4.74 Å². The Kier molecular flexibility index (Phi) is 3.73. The zero-order valence-corrected chi connectivity index (χ0v) is 10.9. The molecule has 2 unspecified atom stereocenters. The minimum absolute atomic E-state index is 0.266. The van der Waals surface area contributed by atoms with E-state index in [-0.39, 0.29) is 5.92 Å². The van der Waals surface area contributed by atoms with E-state index < -0.39 is 18.0 Å². The molecule has 1 aromatic rings. The van der Waals surface area contributed by atoms with E-state index in [2.05, 4.69) is 5.10 Å². The lowest BCUT2D eigenvalue weighted by atomic mass is 9.83. The number of ether oxygens (including phenoxy) is 1. The second-order valence-electron chi connectivity index (χ2n) is 4.64. The van der Waals surface area contributed by atoms with Crippen LogP contribution in [0, 0.1) is 5.92 Å². The molecule has 2 atom stereocenters. The zero-order valence-electron chi connectivity index (χ0n) is 10.9. The van der Waals surface area contributed by atoms with Gasteiger partial charge >= 0.3 is 12.1 Å². The van der Waals surface area contributed by atoms with Gasteiger partial charge in [0.25, 0.3) is 0 Å². The van der Waals surface area contributed by atoms with Gasteiger partial charge in [-0.15, -0.1) is 0 Å². The number of carboxylic acid groups (broad SMARTS) is 1. The van der Waals surface area contributed by atoms with E-state index in [9.17, 15) is 14.7 Å². The van der Waals surface area contributed by atoms with Gasteiger partial charge in [0.2, 0.25) is 0 Å². The van der Waals surface area contributed by atoms with E-state index in [1.807, 2.05) is 0 Å². The second kappa shape index (κ2) is 5.29. The highest BCUT2D eigenvalue weighted by atomic mass is 16.5. The summed E-state index contributed by atoms with van der Waals surface area (Å²) in [7, 11) is 3.09. The first kappa shape index (κ1) is 13.4. The second-order valence-corrected chi connectivity index (χ2v) is 4.64. The maximum absolute atomic E-state index is 11.6. The highest BCUT2D eigenvalue weighted by molar-refractivity contribution is 5.73. The smallest absolute Gasteiger partial charge is 0.409 e. The number of amides is 1. The fourth-order valence-electron chi connectivity index (χ4n) is 2.59. The molecule has 0 bridgehead atoms. The SMILES string of the molecule is COC(=O)N1CCC(C(=O)O)C(c2ccnn2C)C1. The van der Waals surface area contributed by atoms with Gasteiger partial charge in [-0.1, -0.05) is 0 Å². The van der Waals surface area contributed by atoms with Crippen LogP contribution in [0.5, 0.6) is 0 Å². The van der Waals surface area contributed by atoms with E-state index in [0.717, 1.165) is 5.69 Å². The number of piperidine rings is 1. The predicted octanol–water partition coefficient (Wildman–Crippen LogP) is 0.677. The molecule has 1 amide bonds. The van der Waals surface area contributed by atoms with E-state index in [1.54, 1.807) is 24.0 Å². The topological polar surface area (TPSA) is 84.7 Å². The summed E-state index contributed by atoms with van der Waals surface area (Å²) in [5.74, 6) is -1.61. The number of aliphatic carboxylic acids is 1. The molecule has 0 saturated carbocycles. The Morgan fingerprint density at radius 2 is 2.26 bits per heavy atom. The Hall–Kier alpha value is -2.05. The van der Waals surface area contributed by atoms with Crippen LogP contribution >= 0.6 is 0 Å². The molecule has 19 heavy (non-hydrogen) atoms. The number of carbonyl (C=O) groups is 2. The van der Waals surface area contributed by atoms with E-state index in [0.29, 0.717) is 19.5 Å². The molecule has 2 heterocycles. The molecule has 0 aromatic carbocycles. The molecule has 0 radical (unpaired) electrons. The summed E-state index contributed by atoms with van der Waals surface area (Å²) in [5, 5.41) is 13.4. The van der Waals surface area contributed by atoms with Gasteiger partial charge in [-0.05, 0) is 12.5 Å². The van der Waals surface area contributed by atoms with E-state index >= 15 is 0 Å². The van der Waals surface area contributed by atoms with Crippen molar-refractivity contribution in [1.82, 2.24) is 14.7 Å². The molecule has 1 saturated heterocycles. The van der Waals surface area contributed by atoms with Crippen molar-refractivity contribution in [3.8, 4) is 0 Å². The molecule has 7 heteroatoms. The molecular formula is C12H17N3O4. The van der Waals surface area contributed by atoms with Crippen LogP contribution in [0.2, 0.25) is 0 Å². The van der Waals surface area contributed by atoms with Gasteiger partial charge in [0.15, 0.2) is 0 Å². The number of aryl methyl sites for hydroxylation is 1. The van der Waals surface area contributed by atoms with Crippen LogP contribution in [-0.2, 0) is 16.6 Å². The Balaban J connectivity index is 2.25. The van der Waals surface area contributed by atoms with Crippen molar-refractivity contribution in [3.05, 3.63) is 18.0 Å². The molecule has 0 spiro atoms. The van der Waals surface area contributed by atoms with Crippen LogP contribution in [0.15, 0.2) is 12.3 Å². The van der Waals surface area contributed by atoms with Crippen LogP contribution in [0.4, 0.5) is 4.79 Å². The van der Waals surface area contributed by atoms with Crippen molar-refractivity contribution in [2.24, 2.45) is 13.0 Å². The average molecular weight is 267 g/mol. The van der Waals surface area contributed by atoms with Crippen molar-refractivity contribution in [2.45, 2.75) is 12.3 Å². The number of nitrogens with zero attached hydrogens (tertiary/aromatic N) is 3. The summed E-state index contributed by atoms with van der Waals surface area (Å²) < 4.78 is 6.35. The van der Waals surface area contributed by atoms with Gasteiger partial charge in [0.05, 0.1) is 13.0 Å². The normalized spacial score (nSPS) is 23.2. The van der Waals surface area contributed by atoms with Crippen LogP contribution in [0.3, 0.4) is 0 Å². The highest BCUT2D eigenvalue weighted by Gasteiger charge is 2.38. The first-order chi connectivity index (χ1) is 9.04. The third kappa shape index (κ3) is 2.54. The maximum atomic E-state index is 11.6. The molecule has 1 aliphatic rings. The lowest BCUT2D eigenvalue weighted by Gasteiger charge is -2.35. The van der Waals surface area contributed by atoms with Crippen molar-refractivity contribution in [1.29, 1.82) is 0 Å². The molecular weight excluding hydrogens is 250 g/mol. The summed E-state index contributed by atoms with van der Waals surface area (Å²) in [6.07, 6.45) is 1.63. The number of methoxy groups -OCH3 is 1. The summed E-state index contributed by atoms with van der Waals surface area (Å²) in [6, 6.07) is 1.79. The molecule has 0 aliphatic carbocycles. The van der Waals surface area contributed by atoms with E-state index in [1.165, 1.54) is 12.0 Å². The molecule has 1 aliphatic heterocycles. The Morgan fingerprint density at radius 1 is 1.53 bits per heavy atom. The molecule has 1 fully saturated rings. The van der Waals surface area contributed by atoms with Crippen molar-refractivity contribution < 1.29 is 19.4 Å². The van der Waals surface area contributed by atoms with Crippen LogP contribution in [0.1, 0.15) is 18.0 Å². The van der Waals surface area contributed by atoms with Crippen molar-refractivity contribution in [2.75, 3.05) is 20.2 Å². The van der Waals surface area contributed by atoms with Gasteiger partial charge in [-0.2, -0.15) is 5.10 Å². The van der Waals surface area contributed by atoms with Gasteiger partial charge < -0.3 is 14.7 Å². The third-order valence-corrected chi connectivity index (χ3v) is 3.60. The summed E-state index contributed by atoms with van der Waals surface area (Å²) in [6.45, 7) is 0.737. The van der Waals surface area contributed by atoms with Crippen LogP contribution in [0.25, 0.3) is 0 Å². The number of hydrogen-bond donors (Lipinski definition) is 1. The minimum atomic E-state index is -0.837. The van der Waals surface area contributed by atoms with Gasteiger partial charge in [0, 0.05) is 37.9 Å². The third-order valence-electron chi connectivity index (χ3n) is 3.60. The summed E-state index contributed by atoms with van der Waals surface area (Å²) in [4.78, 5) is 24.5. The molecule has 7 nitrogen and oxygen atoms in total. The number of rotatable bonds is 2. The number of carbonyl (C=O) groups excluding carboxylic acids is 1. The Bertz CT molecular complexity index is 485. The van der Waals surface area contributed by atoms with Crippen molar-refractivity contribution in [3.63, 3.8) is 0 Å². The lowest BCUT2D eigenvalue weighted by Crippen LogP contribution is -2.45. The maximum Gasteiger partial charge on any atom is 0.409 e. The lowest BCUT2D eigenvalue weighted by molar-refractivity contribution is -0.144.